The highest BCUT2D eigenvalue weighted by Crippen LogP contribution is 2.36. The second-order valence-corrected chi connectivity index (χ2v) is 7.74. The molecule has 2 aromatic rings. The molecule has 3 rings (SSSR count). The van der Waals surface area contributed by atoms with E-state index in [1.165, 1.54) is 14.2 Å². The molecule has 0 bridgehead atoms. The Bertz CT molecular complexity index is 958. The van der Waals surface area contributed by atoms with Gasteiger partial charge in [-0.3, -0.25) is 0 Å². The third kappa shape index (κ3) is 5.41. The molecular formula is C24H28O6. The molecule has 1 aliphatic heterocycles. The van der Waals surface area contributed by atoms with Crippen LogP contribution in [-0.4, -0.2) is 36.9 Å². The summed E-state index contributed by atoms with van der Waals surface area (Å²) in [5.41, 5.74) is 3.17. The summed E-state index contributed by atoms with van der Waals surface area (Å²) in [4.78, 5) is 22.9. The van der Waals surface area contributed by atoms with E-state index in [0.717, 1.165) is 23.3 Å². The minimum absolute atomic E-state index is 0.0981. The number of ether oxygens (including phenoxy) is 3. The van der Waals surface area contributed by atoms with Gasteiger partial charge in [-0.15, -0.1) is 0 Å². The van der Waals surface area contributed by atoms with Crippen LogP contribution in [0, 0.1) is 0 Å². The molecule has 0 unspecified atom stereocenters. The van der Waals surface area contributed by atoms with Crippen LogP contribution in [0.2, 0.25) is 0 Å². The van der Waals surface area contributed by atoms with Crippen molar-refractivity contribution < 1.29 is 28.9 Å². The lowest BCUT2D eigenvalue weighted by Gasteiger charge is -2.16. The van der Waals surface area contributed by atoms with E-state index in [1.807, 2.05) is 32.9 Å². The summed E-state index contributed by atoms with van der Waals surface area (Å²) in [7, 11) is 2.71. The Hall–Kier alpha value is -3.28. The lowest BCUT2D eigenvalue weighted by atomic mass is 9.97. The highest BCUT2D eigenvalue weighted by atomic mass is 16.5. The van der Waals surface area contributed by atoms with Gasteiger partial charge in [-0.2, -0.15) is 0 Å². The lowest BCUT2D eigenvalue weighted by Crippen LogP contribution is -2.25. The molecule has 1 aliphatic rings. The van der Waals surface area contributed by atoms with Crippen LogP contribution in [0.5, 0.6) is 11.5 Å². The molecule has 0 atom stereocenters. The van der Waals surface area contributed by atoms with Gasteiger partial charge in [0.25, 0.3) is 0 Å². The van der Waals surface area contributed by atoms with Gasteiger partial charge >= 0.3 is 11.9 Å². The van der Waals surface area contributed by atoms with E-state index in [-0.39, 0.29) is 17.3 Å². The first kappa shape index (κ1) is 23.0. The topological polar surface area (TPSA) is 82.1 Å². The van der Waals surface area contributed by atoms with E-state index in [1.54, 1.807) is 24.3 Å². The molecule has 0 amide bonds. The number of allylic oxidation sites excluding steroid dienone is 1. The predicted molar refractivity (Wildman–Crippen MR) is 114 cm³/mol. The molecule has 0 aromatic heterocycles. The van der Waals surface area contributed by atoms with Crippen molar-refractivity contribution in [1.29, 1.82) is 0 Å². The van der Waals surface area contributed by atoms with Crippen LogP contribution in [0.1, 0.15) is 52.6 Å². The molecule has 160 valence electrons. The van der Waals surface area contributed by atoms with Gasteiger partial charge in [0, 0.05) is 17.5 Å². The molecule has 0 saturated carbocycles. The van der Waals surface area contributed by atoms with Gasteiger partial charge in [-0.1, -0.05) is 24.3 Å². The Morgan fingerprint density at radius 1 is 1.07 bits per heavy atom. The monoisotopic (exact) mass is 412 g/mol. The number of benzene rings is 2. The fourth-order valence-electron chi connectivity index (χ4n) is 3.27. The number of phenols is 1. The van der Waals surface area contributed by atoms with Crippen molar-refractivity contribution >= 4 is 11.9 Å². The number of rotatable bonds is 4. The summed E-state index contributed by atoms with van der Waals surface area (Å²) in [5.74, 6) is 0.152. The SMILES string of the molecule is C=C(C)Cc1c(O)cccc1C(=O)OC.COC(=O)c1cccc2c1CC(C)(C)O2. The summed E-state index contributed by atoms with van der Waals surface area (Å²) in [5, 5.41) is 9.64. The number of esters is 2. The van der Waals surface area contributed by atoms with E-state index in [0.29, 0.717) is 23.1 Å². The Morgan fingerprint density at radius 3 is 2.23 bits per heavy atom. The number of carbonyl (C=O) groups is 2. The predicted octanol–water partition coefficient (Wildman–Crippen LogP) is 4.48. The van der Waals surface area contributed by atoms with Crippen LogP contribution in [0.3, 0.4) is 0 Å². The van der Waals surface area contributed by atoms with E-state index in [9.17, 15) is 14.7 Å². The van der Waals surface area contributed by atoms with Crippen LogP contribution in [0.4, 0.5) is 0 Å². The van der Waals surface area contributed by atoms with Gasteiger partial charge in [0.1, 0.15) is 17.1 Å². The summed E-state index contributed by atoms with van der Waals surface area (Å²) in [6.07, 6.45) is 1.21. The quantitative estimate of drug-likeness (QED) is 0.589. The van der Waals surface area contributed by atoms with Gasteiger partial charge in [-0.05, 0) is 51.5 Å². The van der Waals surface area contributed by atoms with Crippen LogP contribution in [0.25, 0.3) is 0 Å². The average molecular weight is 412 g/mol. The molecule has 0 spiro atoms. The average Bonchev–Trinajstić information content (AvgIpc) is 3.02. The van der Waals surface area contributed by atoms with Crippen molar-refractivity contribution in [2.45, 2.75) is 39.2 Å². The zero-order chi connectivity index (χ0) is 22.5. The summed E-state index contributed by atoms with van der Waals surface area (Å²) < 4.78 is 15.1. The molecule has 0 aliphatic carbocycles. The molecular weight excluding hydrogens is 384 g/mol. The molecule has 6 heteroatoms. The Balaban J connectivity index is 0.000000214. The maximum Gasteiger partial charge on any atom is 0.338 e. The van der Waals surface area contributed by atoms with E-state index < -0.39 is 5.97 Å². The zero-order valence-electron chi connectivity index (χ0n) is 18.1. The Kier molecular flexibility index (Phi) is 7.27. The molecule has 1 N–H and O–H groups in total. The van der Waals surface area contributed by atoms with Crippen molar-refractivity contribution in [2.75, 3.05) is 14.2 Å². The van der Waals surface area contributed by atoms with Gasteiger partial charge in [0.05, 0.1) is 25.3 Å². The van der Waals surface area contributed by atoms with E-state index in [2.05, 4.69) is 11.3 Å². The minimum Gasteiger partial charge on any atom is -0.508 e. The summed E-state index contributed by atoms with van der Waals surface area (Å²) in [6.45, 7) is 9.61. The van der Waals surface area contributed by atoms with Crippen LogP contribution in [-0.2, 0) is 22.3 Å². The molecule has 30 heavy (non-hydrogen) atoms. The number of phenolic OH excluding ortho intramolecular Hbond substituents is 1. The number of carbonyl (C=O) groups excluding carboxylic acids is 2. The normalized spacial score (nSPS) is 13.2. The minimum atomic E-state index is -0.442. The van der Waals surface area contributed by atoms with Crippen LogP contribution >= 0.6 is 0 Å². The van der Waals surface area contributed by atoms with Crippen LogP contribution < -0.4 is 4.74 Å². The van der Waals surface area contributed by atoms with Crippen molar-refractivity contribution in [3.63, 3.8) is 0 Å². The van der Waals surface area contributed by atoms with Gasteiger partial charge in [0.2, 0.25) is 0 Å². The lowest BCUT2D eigenvalue weighted by molar-refractivity contribution is 0.0590. The van der Waals surface area contributed by atoms with Gasteiger partial charge < -0.3 is 19.3 Å². The second kappa shape index (κ2) is 9.48. The molecule has 2 aromatic carbocycles. The van der Waals surface area contributed by atoms with Gasteiger partial charge in [0.15, 0.2) is 0 Å². The standard InChI is InChI=1S/2C12H14O3/c1-12(2)7-9-8(11(13)14-3)5-4-6-10(9)15-12;1-8(2)7-10-9(12(14)15-3)5-4-6-11(10)13/h4-6H,7H2,1-3H3;4-6,13H,1,7H2,2-3H3. The number of hydrogen-bond acceptors (Lipinski definition) is 6. The summed E-state index contributed by atoms with van der Waals surface area (Å²) >= 11 is 0. The maximum atomic E-state index is 11.5. The van der Waals surface area contributed by atoms with Crippen LogP contribution in [0.15, 0.2) is 48.6 Å². The van der Waals surface area contributed by atoms with Crippen molar-refractivity contribution in [1.82, 2.24) is 0 Å². The largest absolute Gasteiger partial charge is 0.508 e. The van der Waals surface area contributed by atoms with E-state index >= 15 is 0 Å². The first-order chi connectivity index (χ1) is 14.1. The molecule has 0 fully saturated rings. The number of fused-ring (bicyclic) bond motifs is 1. The maximum absolute atomic E-state index is 11.5. The fraction of sp³-hybridized carbons (Fsp3) is 0.333. The van der Waals surface area contributed by atoms with Crippen molar-refractivity contribution in [3.05, 3.63) is 70.8 Å². The highest BCUT2D eigenvalue weighted by molar-refractivity contribution is 5.92. The number of aromatic hydroxyl groups is 1. The fourth-order valence-corrected chi connectivity index (χ4v) is 3.27. The van der Waals surface area contributed by atoms with Gasteiger partial charge in [-0.25, -0.2) is 9.59 Å². The molecule has 1 heterocycles. The number of methoxy groups -OCH3 is 2. The Labute approximate surface area is 177 Å². The highest BCUT2D eigenvalue weighted by Gasteiger charge is 2.33. The smallest absolute Gasteiger partial charge is 0.338 e. The third-order valence-electron chi connectivity index (χ3n) is 4.56. The van der Waals surface area contributed by atoms with E-state index in [4.69, 9.17) is 9.47 Å². The van der Waals surface area contributed by atoms with Crippen molar-refractivity contribution in [2.24, 2.45) is 0 Å². The van der Waals surface area contributed by atoms with Crippen molar-refractivity contribution in [3.8, 4) is 11.5 Å². The first-order valence-corrected chi connectivity index (χ1v) is 9.52. The molecule has 6 nitrogen and oxygen atoms in total. The zero-order valence-corrected chi connectivity index (χ0v) is 18.1. The Morgan fingerprint density at radius 2 is 1.63 bits per heavy atom. The first-order valence-electron chi connectivity index (χ1n) is 9.52. The molecule has 0 saturated heterocycles. The molecule has 0 radical (unpaired) electrons. The number of hydrogen-bond donors (Lipinski definition) is 1. The summed E-state index contributed by atoms with van der Waals surface area (Å²) in [6, 6.07) is 10.3. The third-order valence-corrected chi connectivity index (χ3v) is 4.56. The second-order valence-electron chi connectivity index (χ2n) is 7.74.